The van der Waals surface area contributed by atoms with Crippen LogP contribution in [0.5, 0.6) is 11.5 Å². The monoisotopic (exact) mass is 567 g/mol. The predicted molar refractivity (Wildman–Crippen MR) is 145 cm³/mol. The van der Waals surface area contributed by atoms with Gasteiger partial charge in [0.05, 0.1) is 16.6 Å². The molecule has 6 atom stereocenters. The van der Waals surface area contributed by atoms with Crippen molar-refractivity contribution in [1.82, 2.24) is 0 Å². The number of amides is 1. The maximum atomic E-state index is 14.2. The molecule has 2 saturated heterocycles. The first-order chi connectivity index (χ1) is 18.8. The molecule has 10 heteroatoms. The maximum Gasteiger partial charge on any atom is 0.339 e. The number of carbonyl (C=O) groups is 3. The molecule has 0 radical (unpaired) electrons. The Morgan fingerprint density at radius 2 is 1.88 bits per heavy atom. The highest BCUT2D eigenvalue weighted by atomic mass is 32.2. The van der Waals surface area contributed by atoms with Crippen molar-refractivity contribution in [2.75, 3.05) is 5.32 Å². The first-order valence-electron chi connectivity index (χ1n) is 13.3. The van der Waals surface area contributed by atoms with Crippen LogP contribution in [0.1, 0.15) is 56.3 Å². The van der Waals surface area contributed by atoms with E-state index in [-0.39, 0.29) is 53.2 Å². The number of aromatic hydroxyl groups is 2. The highest BCUT2D eigenvalue weighted by molar-refractivity contribution is 8.04. The molecule has 2 aromatic carbocycles. The third kappa shape index (κ3) is 4.03. The Bertz CT molecular complexity index is 1480. The molecule has 3 aliphatic carbocycles. The highest BCUT2D eigenvalue weighted by Gasteiger charge is 2.72. The second-order valence-electron chi connectivity index (χ2n) is 12.0. The summed E-state index contributed by atoms with van der Waals surface area (Å²) in [5, 5.41) is 32.2. The number of hydrogen-bond donors (Lipinski definition) is 4. The molecule has 0 unspecified atom stereocenters. The molecule has 1 amide bonds. The fraction of sp³-hybridized carbons (Fsp3) is 0.433. The molecule has 4 N–H and O–H groups in total. The number of nitrogens with one attached hydrogen (secondary N) is 1. The molecule has 2 aliphatic heterocycles. The van der Waals surface area contributed by atoms with Crippen LogP contribution in [0.3, 0.4) is 0 Å². The number of carbonyl (C=O) groups excluding carboxylic acids is 2. The summed E-state index contributed by atoms with van der Waals surface area (Å²) in [6.07, 6.45) is 4.66. The summed E-state index contributed by atoms with van der Waals surface area (Å²) in [7, 11) is 0. The van der Waals surface area contributed by atoms with Crippen molar-refractivity contribution >= 4 is 35.1 Å². The molecule has 8 nitrogen and oxygen atoms in total. The van der Waals surface area contributed by atoms with Crippen LogP contribution >= 0.6 is 11.8 Å². The molecule has 40 heavy (non-hydrogen) atoms. The van der Waals surface area contributed by atoms with Crippen molar-refractivity contribution in [3.63, 3.8) is 0 Å². The summed E-state index contributed by atoms with van der Waals surface area (Å²) < 4.78 is 20.1. The van der Waals surface area contributed by atoms with Crippen LogP contribution in [0.4, 0.5) is 10.1 Å². The molecule has 0 aromatic heterocycles. The van der Waals surface area contributed by atoms with Gasteiger partial charge in [-0.05, 0) is 80.3 Å². The van der Waals surface area contributed by atoms with E-state index in [0.717, 1.165) is 36.3 Å². The van der Waals surface area contributed by atoms with Crippen LogP contribution in [0.15, 0.2) is 52.3 Å². The van der Waals surface area contributed by atoms with E-state index in [1.165, 1.54) is 23.9 Å². The molecule has 5 aliphatic rings. The molecule has 2 saturated carbocycles. The molecular formula is C30H30FNO7S. The lowest BCUT2D eigenvalue weighted by molar-refractivity contribution is -0.169. The summed E-state index contributed by atoms with van der Waals surface area (Å²) in [5.41, 5.74) is -2.28. The van der Waals surface area contributed by atoms with Crippen LogP contribution in [0.25, 0.3) is 0 Å². The lowest BCUT2D eigenvalue weighted by Gasteiger charge is -2.56. The largest absolute Gasteiger partial charge is 0.506 e. The number of phenolic OH excluding ortho intramolecular Hbond substituents is 1. The van der Waals surface area contributed by atoms with E-state index in [9.17, 15) is 34.1 Å². The van der Waals surface area contributed by atoms with E-state index < -0.39 is 34.4 Å². The predicted octanol–water partition coefficient (Wildman–Crippen LogP) is 5.49. The van der Waals surface area contributed by atoms with Gasteiger partial charge in [0.15, 0.2) is 11.5 Å². The van der Waals surface area contributed by atoms with Gasteiger partial charge in [-0.1, -0.05) is 24.8 Å². The number of phenols is 2. The fourth-order valence-corrected chi connectivity index (χ4v) is 9.07. The molecule has 4 bridgehead atoms. The van der Waals surface area contributed by atoms with Gasteiger partial charge in [-0.2, -0.15) is 0 Å². The summed E-state index contributed by atoms with van der Waals surface area (Å²) in [5.74, 6) is -3.36. The number of carboxylic acid groups (broad SMARTS) is 1. The van der Waals surface area contributed by atoms with Crippen LogP contribution in [-0.4, -0.2) is 44.7 Å². The Labute approximate surface area is 234 Å². The first kappa shape index (κ1) is 26.8. The molecule has 210 valence electrons. The quantitative estimate of drug-likeness (QED) is 0.323. The SMILES string of the molecule is C[C@]12C[C@@]34C=C(Sc5ccc(F)cc5)C(=O)[C@@](C)(CCC(=O)Nc5c(O)ccc(C(=O)O)c5O)[C@@H]3[C@H](C[C@@H]1C4)O2. The van der Waals surface area contributed by atoms with Crippen LogP contribution in [0.2, 0.25) is 0 Å². The van der Waals surface area contributed by atoms with E-state index in [1.54, 1.807) is 12.1 Å². The van der Waals surface area contributed by atoms with E-state index >= 15 is 0 Å². The van der Waals surface area contributed by atoms with Gasteiger partial charge in [0.25, 0.3) is 0 Å². The van der Waals surface area contributed by atoms with Gasteiger partial charge >= 0.3 is 5.97 Å². The molecule has 7 rings (SSSR count). The smallest absolute Gasteiger partial charge is 0.339 e. The van der Waals surface area contributed by atoms with E-state index in [0.29, 0.717) is 10.8 Å². The number of rotatable bonds is 7. The van der Waals surface area contributed by atoms with E-state index in [4.69, 9.17) is 4.74 Å². The second kappa shape index (κ2) is 9.07. The maximum absolute atomic E-state index is 14.2. The molecule has 1 spiro atoms. The minimum atomic E-state index is -1.41. The van der Waals surface area contributed by atoms with Crippen molar-refractivity contribution in [3.05, 3.63) is 58.8 Å². The number of thioether (sulfide) groups is 1. The lowest BCUT2D eigenvalue weighted by Crippen LogP contribution is -2.57. The number of ketones is 1. The number of Topliss-reactive ketones (excluding diaryl/α,β-unsaturated/α-hetero) is 1. The fourth-order valence-electron chi connectivity index (χ4n) is 7.92. The average Bonchev–Trinajstić information content (AvgIpc) is 3.25. The van der Waals surface area contributed by atoms with Crippen molar-refractivity contribution in [2.45, 2.75) is 62.6 Å². The van der Waals surface area contributed by atoms with Gasteiger partial charge < -0.3 is 25.4 Å². The number of hydrogen-bond acceptors (Lipinski definition) is 7. The number of halogens is 1. The first-order valence-corrected chi connectivity index (χ1v) is 14.1. The Morgan fingerprint density at radius 1 is 1.15 bits per heavy atom. The molecule has 2 aromatic rings. The van der Waals surface area contributed by atoms with Gasteiger partial charge in [-0.15, -0.1) is 0 Å². The lowest BCUT2D eigenvalue weighted by atomic mass is 9.51. The van der Waals surface area contributed by atoms with E-state index in [1.807, 2.05) is 6.92 Å². The standard InChI is InChI=1S/C30H30FNO7S/c1-28(10-9-22(34)32-23-19(33)8-7-18(24(23)35)27(37)38)25-20-11-15-12-30(25,14-29(15,2)39-20)13-21(26(28)36)40-17-5-3-16(31)4-6-17/h3-8,13,15,20,25,33,35H,9-12,14H2,1-2H3,(H,32,34)(H,37,38)/t15-,20+,25+,28+,29+,30-/m1/s1. The summed E-state index contributed by atoms with van der Waals surface area (Å²) in [4.78, 5) is 40.0. The third-order valence-corrected chi connectivity index (χ3v) is 10.5. The zero-order valence-corrected chi connectivity index (χ0v) is 22.9. The molecular weight excluding hydrogens is 537 g/mol. The minimum absolute atomic E-state index is 0.0913. The van der Waals surface area contributed by atoms with Crippen LogP contribution < -0.4 is 5.32 Å². The minimum Gasteiger partial charge on any atom is -0.506 e. The van der Waals surface area contributed by atoms with Crippen molar-refractivity contribution in [2.24, 2.45) is 22.7 Å². The van der Waals surface area contributed by atoms with Gasteiger partial charge in [-0.25, -0.2) is 9.18 Å². The van der Waals surface area contributed by atoms with Crippen molar-refractivity contribution in [1.29, 1.82) is 0 Å². The van der Waals surface area contributed by atoms with E-state index in [2.05, 4.69) is 18.3 Å². The van der Waals surface area contributed by atoms with Gasteiger partial charge in [0, 0.05) is 22.6 Å². The van der Waals surface area contributed by atoms with Gasteiger partial charge in [0.1, 0.15) is 22.8 Å². The number of benzene rings is 2. The van der Waals surface area contributed by atoms with Crippen LogP contribution in [0, 0.1) is 28.5 Å². The topological polar surface area (TPSA) is 133 Å². The zero-order chi connectivity index (χ0) is 28.6. The molecule has 2 heterocycles. The molecule has 4 fully saturated rings. The van der Waals surface area contributed by atoms with Crippen molar-refractivity contribution in [3.8, 4) is 11.5 Å². The van der Waals surface area contributed by atoms with Crippen molar-refractivity contribution < 1.29 is 38.8 Å². The number of allylic oxidation sites excluding steroid dienone is 2. The number of anilines is 1. The number of carboxylic acids is 1. The number of aromatic carboxylic acids is 1. The Kier molecular flexibility index (Phi) is 6.09. The normalized spacial score (nSPS) is 33.5. The highest BCUT2D eigenvalue weighted by Crippen LogP contribution is 2.72. The summed E-state index contributed by atoms with van der Waals surface area (Å²) in [6.45, 7) is 4.04. The Morgan fingerprint density at radius 3 is 2.55 bits per heavy atom. The van der Waals surface area contributed by atoms with Crippen LogP contribution in [-0.2, 0) is 14.3 Å². The zero-order valence-electron chi connectivity index (χ0n) is 22.1. The average molecular weight is 568 g/mol. The number of ether oxygens (including phenoxy) is 1. The van der Waals surface area contributed by atoms with Gasteiger partial charge in [0.2, 0.25) is 5.91 Å². The Balaban J connectivity index is 1.29. The second-order valence-corrected chi connectivity index (χ2v) is 13.1. The summed E-state index contributed by atoms with van der Waals surface area (Å²) >= 11 is 1.31. The Hall–Kier alpha value is -3.37. The van der Waals surface area contributed by atoms with Gasteiger partial charge in [-0.3, -0.25) is 9.59 Å². The third-order valence-electron chi connectivity index (χ3n) is 9.51. The summed E-state index contributed by atoms with van der Waals surface area (Å²) in [6, 6.07) is 8.14.